The van der Waals surface area contributed by atoms with Crippen LogP contribution in [0.1, 0.15) is 16.7 Å². The Balaban J connectivity index is 1.59. The number of rotatable bonds is 6. The second-order valence-electron chi connectivity index (χ2n) is 7.10. The summed E-state index contributed by atoms with van der Waals surface area (Å²) in [6.07, 6.45) is 1.77. The summed E-state index contributed by atoms with van der Waals surface area (Å²) >= 11 is 13.2. The summed E-state index contributed by atoms with van der Waals surface area (Å²) in [7, 11) is 1.56. The molecule has 1 aliphatic rings. The van der Waals surface area contributed by atoms with E-state index < -0.39 is 0 Å². The Bertz CT molecular complexity index is 1210. The van der Waals surface area contributed by atoms with Gasteiger partial charge in [-0.1, -0.05) is 78.0 Å². The van der Waals surface area contributed by atoms with E-state index in [1.807, 2.05) is 61.5 Å². The number of methoxy groups -OCH3 is 1. The third-order valence-corrected chi connectivity index (χ3v) is 6.57. The average molecular weight is 482 g/mol. The Morgan fingerprint density at radius 3 is 2.53 bits per heavy atom. The number of thiocarbonyl (C=S) groups is 1. The van der Waals surface area contributed by atoms with Gasteiger partial charge in [-0.3, -0.25) is 9.69 Å². The summed E-state index contributed by atoms with van der Waals surface area (Å²) in [4.78, 5) is 15.0. The van der Waals surface area contributed by atoms with E-state index >= 15 is 0 Å². The quantitative estimate of drug-likeness (QED) is 0.291. The molecule has 7 heteroatoms. The first kappa shape index (κ1) is 22.4. The molecule has 0 atom stereocenters. The zero-order valence-electron chi connectivity index (χ0n) is 17.5. The molecule has 1 heterocycles. The van der Waals surface area contributed by atoms with E-state index in [-0.39, 0.29) is 5.91 Å². The number of halogens is 1. The highest BCUT2D eigenvalue weighted by atomic mass is 35.5. The fourth-order valence-electron chi connectivity index (χ4n) is 3.30. The van der Waals surface area contributed by atoms with Gasteiger partial charge in [-0.15, -0.1) is 0 Å². The van der Waals surface area contributed by atoms with Crippen molar-refractivity contribution in [2.75, 3.05) is 12.0 Å². The predicted molar refractivity (Wildman–Crippen MR) is 136 cm³/mol. The zero-order valence-corrected chi connectivity index (χ0v) is 19.9. The third kappa shape index (κ3) is 4.67. The van der Waals surface area contributed by atoms with Gasteiger partial charge in [0.25, 0.3) is 5.91 Å². The SMILES string of the molecule is COc1cc(/C=C2\SC(=S)N(c3ccccc3)C2=O)cc(Cl)c1OCc1ccccc1C. The number of carbonyl (C=O) groups excluding carboxylic acids is 1. The van der Waals surface area contributed by atoms with E-state index in [0.29, 0.717) is 32.4 Å². The normalized spacial score (nSPS) is 14.8. The van der Waals surface area contributed by atoms with Crippen LogP contribution in [-0.2, 0) is 11.4 Å². The van der Waals surface area contributed by atoms with Crippen molar-refractivity contribution in [1.29, 1.82) is 0 Å². The summed E-state index contributed by atoms with van der Waals surface area (Å²) in [5.74, 6) is 0.795. The Hall–Kier alpha value is -2.80. The highest BCUT2D eigenvalue weighted by molar-refractivity contribution is 8.27. The number of ether oxygens (including phenoxy) is 2. The van der Waals surface area contributed by atoms with Gasteiger partial charge in [0, 0.05) is 0 Å². The fourth-order valence-corrected chi connectivity index (χ4v) is 4.88. The highest BCUT2D eigenvalue weighted by Gasteiger charge is 2.33. The molecule has 0 saturated carbocycles. The van der Waals surface area contributed by atoms with Crippen LogP contribution in [-0.4, -0.2) is 17.3 Å². The molecule has 0 unspecified atom stereocenters. The molecule has 1 saturated heterocycles. The minimum Gasteiger partial charge on any atom is -0.493 e. The molecule has 32 heavy (non-hydrogen) atoms. The number of thioether (sulfide) groups is 1. The van der Waals surface area contributed by atoms with E-state index in [2.05, 4.69) is 0 Å². The van der Waals surface area contributed by atoms with Gasteiger partial charge in [-0.05, 0) is 54.0 Å². The van der Waals surface area contributed by atoms with Gasteiger partial charge in [0.1, 0.15) is 6.61 Å². The lowest BCUT2D eigenvalue weighted by Gasteiger charge is -2.15. The molecule has 3 aromatic carbocycles. The van der Waals surface area contributed by atoms with Crippen LogP contribution < -0.4 is 14.4 Å². The Labute approximate surface area is 201 Å². The minimum atomic E-state index is -0.166. The van der Waals surface area contributed by atoms with Gasteiger partial charge in [-0.25, -0.2) is 0 Å². The van der Waals surface area contributed by atoms with Crippen molar-refractivity contribution in [3.63, 3.8) is 0 Å². The molecule has 1 aliphatic heterocycles. The number of anilines is 1. The summed E-state index contributed by atoms with van der Waals surface area (Å²) < 4.78 is 12.0. The van der Waals surface area contributed by atoms with Crippen LogP contribution in [0, 0.1) is 6.92 Å². The molecule has 1 amide bonds. The summed E-state index contributed by atoms with van der Waals surface area (Å²) in [5.41, 5.74) is 3.68. The fraction of sp³-hybridized carbons (Fsp3) is 0.120. The number of hydrogen-bond donors (Lipinski definition) is 0. The highest BCUT2D eigenvalue weighted by Crippen LogP contribution is 2.40. The molecule has 3 aromatic rings. The molecule has 1 fully saturated rings. The number of nitrogens with zero attached hydrogens (tertiary/aromatic N) is 1. The van der Waals surface area contributed by atoms with Crippen LogP contribution in [0.5, 0.6) is 11.5 Å². The summed E-state index contributed by atoms with van der Waals surface area (Å²) in [6.45, 7) is 2.41. The number of carbonyl (C=O) groups is 1. The maximum atomic E-state index is 13.0. The van der Waals surface area contributed by atoms with Crippen LogP contribution in [0.3, 0.4) is 0 Å². The standard InChI is InChI=1S/C25H20ClNO3S2/c1-16-8-6-7-9-18(16)15-30-23-20(26)12-17(13-21(23)29-2)14-22-24(28)27(25(31)32-22)19-10-4-3-5-11-19/h3-14H,15H2,1-2H3/b22-14-. The van der Waals surface area contributed by atoms with Crippen LogP contribution in [0.15, 0.2) is 71.6 Å². The largest absolute Gasteiger partial charge is 0.493 e. The molecule has 162 valence electrons. The molecule has 0 radical (unpaired) electrons. The third-order valence-electron chi connectivity index (χ3n) is 4.99. The van der Waals surface area contributed by atoms with Gasteiger partial charge in [0.15, 0.2) is 15.8 Å². The van der Waals surface area contributed by atoms with Crippen molar-refractivity contribution in [2.24, 2.45) is 0 Å². The molecular formula is C25H20ClNO3S2. The summed E-state index contributed by atoms with van der Waals surface area (Å²) in [5, 5.41) is 0.405. The van der Waals surface area contributed by atoms with Gasteiger partial charge in [0.05, 0.1) is 22.7 Å². The van der Waals surface area contributed by atoms with Crippen molar-refractivity contribution >= 4 is 57.6 Å². The lowest BCUT2D eigenvalue weighted by molar-refractivity contribution is -0.113. The first-order valence-corrected chi connectivity index (χ1v) is 11.5. The first-order chi connectivity index (χ1) is 15.5. The topological polar surface area (TPSA) is 38.8 Å². The van der Waals surface area contributed by atoms with Crippen LogP contribution in [0.2, 0.25) is 5.02 Å². The molecular weight excluding hydrogens is 462 g/mol. The first-order valence-electron chi connectivity index (χ1n) is 9.86. The molecule has 0 N–H and O–H groups in total. The molecule has 0 aliphatic carbocycles. The zero-order chi connectivity index (χ0) is 22.7. The second-order valence-corrected chi connectivity index (χ2v) is 9.18. The minimum absolute atomic E-state index is 0.166. The van der Waals surface area contributed by atoms with Gasteiger partial charge in [0.2, 0.25) is 0 Å². The Morgan fingerprint density at radius 2 is 1.81 bits per heavy atom. The van der Waals surface area contributed by atoms with E-state index in [9.17, 15) is 4.79 Å². The Morgan fingerprint density at radius 1 is 1.09 bits per heavy atom. The number of para-hydroxylation sites is 1. The molecule has 4 nitrogen and oxygen atoms in total. The lowest BCUT2D eigenvalue weighted by Crippen LogP contribution is -2.27. The predicted octanol–water partition coefficient (Wildman–Crippen LogP) is 6.64. The van der Waals surface area contributed by atoms with Gasteiger partial charge in [-0.2, -0.15) is 0 Å². The molecule has 0 spiro atoms. The number of hydrogen-bond acceptors (Lipinski definition) is 5. The van der Waals surface area contributed by atoms with Crippen molar-refractivity contribution in [2.45, 2.75) is 13.5 Å². The molecule has 0 aromatic heterocycles. The van der Waals surface area contributed by atoms with Crippen LogP contribution in [0.25, 0.3) is 6.08 Å². The Kier molecular flexibility index (Phi) is 6.84. The van der Waals surface area contributed by atoms with Crippen LogP contribution >= 0.6 is 35.6 Å². The van der Waals surface area contributed by atoms with E-state index in [1.54, 1.807) is 25.3 Å². The van der Waals surface area contributed by atoms with E-state index in [1.165, 1.54) is 16.7 Å². The van der Waals surface area contributed by atoms with Crippen molar-refractivity contribution in [3.05, 3.63) is 93.3 Å². The van der Waals surface area contributed by atoms with E-state index in [4.69, 9.17) is 33.3 Å². The lowest BCUT2D eigenvalue weighted by atomic mass is 10.1. The van der Waals surface area contributed by atoms with Crippen molar-refractivity contribution in [1.82, 2.24) is 0 Å². The number of amides is 1. The van der Waals surface area contributed by atoms with Gasteiger partial charge < -0.3 is 9.47 Å². The number of aryl methyl sites for hydroxylation is 1. The monoisotopic (exact) mass is 481 g/mol. The second kappa shape index (κ2) is 9.77. The summed E-state index contributed by atoms with van der Waals surface area (Å²) in [6, 6.07) is 20.9. The van der Waals surface area contributed by atoms with Gasteiger partial charge >= 0.3 is 0 Å². The molecule has 4 rings (SSSR count). The number of benzene rings is 3. The average Bonchev–Trinajstić information content (AvgIpc) is 3.07. The van der Waals surface area contributed by atoms with Crippen LogP contribution in [0.4, 0.5) is 5.69 Å². The van der Waals surface area contributed by atoms with Crippen molar-refractivity contribution < 1.29 is 14.3 Å². The smallest absolute Gasteiger partial charge is 0.270 e. The molecule has 0 bridgehead atoms. The van der Waals surface area contributed by atoms with E-state index in [0.717, 1.165) is 22.4 Å². The maximum Gasteiger partial charge on any atom is 0.270 e. The maximum absolute atomic E-state index is 13.0. The van der Waals surface area contributed by atoms with Crippen molar-refractivity contribution in [3.8, 4) is 11.5 Å².